The van der Waals surface area contributed by atoms with Crippen LogP contribution in [-0.2, 0) is 26.0 Å². The van der Waals surface area contributed by atoms with Gasteiger partial charge in [-0.1, -0.05) is 43.2 Å². The van der Waals surface area contributed by atoms with E-state index in [4.69, 9.17) is 10.00 Å². The Bertz CT molecular complexity index is 939. The molecule has 0 amide bonds. The predicted molar refractivity (Wildman–Crippen MR) is 95.8 cm³/mol. The summed E-state index contributed by atoms with van der Waals surface area (Å²) < 4.78 is 30.2. The fraction of sp³-hybridized carbons (Fsp3) is 0.300. The Kier molecular flexibility index (Phi) is 5.10. The molecule has 2 aromatic carbocycles. The molecule has 1 aliphatic carbocycles. The quantitative estimate of drug-likeness (QED) is 0.754. The SMILES string of the molecule is N#Cc1cccc(COC(=O)C2(S(=O)(=O)c3ccccc3)CCCC2)c1. The molecule has 0 bridgehead atoms. The van der Waals surface area contributed by atoms with Gasteiger partial charge in [0.25, 0.3) is 0 Å². The van der Waals surface area contributed by atoms with Crippen molar-refractivity contribution in [1.29, 1.82) is 5.26 Å². The number of ether oxygens (including phenoxy) is 1. The number of esters is 1. The van der Waals surface area contributed by atoms with Crippen LogP contribution in [-0.4, -0.2) is 19.1 Å². The highest BCUT2D eigenvalue weighted by molar-refractivity contribution is 7.93. The third kappa shape index (κ3) is 3.23. The van der Waals surface area contributed by atoms with E-state index in [1.165, 1.54) is 12.1 Å². The molecule has 0 radical (unpaired) electrons. The Hall–Kier alpha value is -2.65. The van der Waals surface area contributed by atoms with Crippen molar-refractivity contribution >= 4 is 15.8 Å². The zero-order valence-corrected chi connectivity index (χ0v) is 15.0. The first kappa shape index (κ1) is 18.2. The van der Waals surface area contributed by atoms with E-state index < -0.39 is 20.6 Å². The Balaban J connectivity index is 1.85. The molecule has 0 spiro atoms. The summed E-state index contributed by atoms with van der Waals surface area (Å²) in [5, 5.41) is 8.95. The highest BCUT2D eigenvalue weighted by atomic mass is 32.2. The van der Waals surface area contributed by atoms with E-state index in [9.17, 15) is 13.2 Å². The molecule has 0 aromatic heterocycles. The van der Waals surface area contributed by atoms with Gasteiger partial charge in [-0.2, -0.15) is 5.26 Å². The highest BCUT2D eigenvalue weighted by Crippen LogP contribution is 2.41. The number of nitrogens with zero attached hydrogens (tertiary/aromatic N) is 1. The second-order valence-corrected chi connectivity index (χ2v) is 8.67. The summed E-state index contributed by atoms with van der Waals surface area (Å²) in [6.07, 6.45) is 1.87. The van der Waals surface area contributed by atoms with Gasteiger partial charge in [-0.25, -0.2) is 8.42 Å². The maximum Gasteiger partial charge on any atom is 0.328 e. The molecule has 26 heavy (non-hydrogen) atoms. The lowest BCUT2D eigenvalue weighted by atomic mass is 10.1. The number of carbonyl (C=O) groups excluding carboxylic acids is 1. The molecule has 134 valence electrons. The van der Waals surface area contributed by atoms with Gasteiger partial charge in [-0.3, -0.25) is 4.79 Å². The van der Waals surface area contributed by atoms with Crippen LogP contribution in [0.15, 0.2) is 59.5 Å². The van der Waals surface area contributed by atoms with Gasteiger partial charge < -0.3 is 4.74 Å². The highest BCUT2D eigenvalue weighted by Gasteiger charge is 2.54. The van der Waals surface area contributed by atoms with Gasteiger partial charge in [0, 0.05) is 0 Å². The van der Waals surface area contributed by atoms with Crippen LogP contribution in [0.2, 0.25) is 0 Å². The first-order chi connectivity index (χ1) is 12.5. The van der Waals surface area contributed by atoms with Crippen LogP contribution in [0.5, 0.6) is 0 Å². The molecule has 3 rings (SSSR count). The van der Waals surface area contributed by atoms with Gasteiger partial charge in [-0.15, -0.1) is 0 Å². The van der Waals surface area contributed by atoms with E-state index >= 15 is 0 Å². The lowest BCUT2D eigenvalue weighted by Crippen LogP contribution is -2.45. The van der Waals surface area contributed by atoms with Crippen LogP contribution in [0.1, 0.15) is 36.8 Å². The number of sulfone groups is 1. The Labute approximate surface area is 153 Å². The van der Waals surface area contributed by atoms with Gasteiger partial charge in [0.1, 0.15) is 6.61 Å². The van der Waals surface area contributed by atoms with Crippen LogP contribution in [0, 0.1) is 11.3 Å². The van der Waals surface area contributed by atoms with E-state index in [1.54, 1.807) is 42.5 Å². The average Bonchev–Trinajstić information content (AvgIpc) is 3.19. The summed E-state index contributed by atoms with van der Waals surface area (Å²) in [6, 6.07) is 16.8. The molecule has 0 N–H and O–H groups in total. The standard InChI is InChI=1S/C20H19NO4S/c21-14-16-7-6-8-17(13-16)15-25-19(22)20(11-4-5-12-20)26(23,24)18-9-2-1-3-10-18/h1-3,6-10,13H,4-5,11-12,15H2. The summed E-state index contributed by atoms with van der Waals surface area (Å²) in [5.74, 6) is -0.707. The third-order valence-electron chi connectivity index (χ3n) is 4.78. The molecule has 0 aliphatic heterocycles. The van der Waals surface area contributed by atoms with Crippen LogP contribution < -0.4 is 0 Å². The lowest BCUT2D eigenvalue weighted by Gasteiger charge is -2.26. The zero-order chi connectivity index (χ0) is 18.6. The van der Waals surface area contributed by atoms with Crippen molar-refractivity contribution in [3.8, 4) is 6.07 Å². The number of hydrogen-bond acceptors (Lipinski definition) is 5. The van der Waals surface area contributed by atoms with Crippen molar-refractivity contribution < 1.29 is 17.9 Å². The van der Waals surface area contributed by atoms with Crippen molar-refractivity contribution in [3.63, 3.8) is 0 Å². The van der Waals surface area contributed by atoms with Gasteiger partial charge in [-0.05, 0) is 42.7 Å². The Morgan fingerprint density at radius 3 is 2.42 bits per heavy atom. The summed E-state index contributed by atoms with van der Waals surface area (Å²) in [6.45, 7) is -0.0551. The van der Waals surface area contributed by atoms with Crippen molar-refractivity contribution in [3.05, 3.63) is 65.7 Å². The average molecular weight is 369 g/mol. The van der Waals surface area contributed by atoms with Gasteiger partial charge in [0.15, 0.2) is 14.6 Å². The smallest absolute Gasteiger partial charge is 0.328 e. The normalized spacial score (nSPS) is 16.0. The maximum atomic E-state index is 13.2. The topological polar surface area (TPSA) is 84.2 Å². The minimum atomic E-state index is -3.84. The predicted octanol–water partition coefficient (Wildman–Crippen LogP) is 3.39. The molecule has 6 heteroatoms. The second-order valence-electron chi connectivity index (χ2n) is 6.41. The van der Waals surface area contributed by atoms with Crippen molar-refractivity contribution in [2.45, 2.75) is 41.9 Å². The fourth-order valence-corrected chi connectivity index (χ4v) is 5.44. The summed E-state index contributed by atoms with van der Waals surface area (Å²) >= 11 is 0. The molecule has 5 nitrogen and oxygen atoms in total. The van der Waals surface area contributed by atoms with Crippen molar-refractivity contribution in [2.24, 2.45) is 0 Å². The number of nitriles is 1. The van der Waals surface area contributed by atoms with Crippen LogP contribution >= 0.6 is 0 Å². The minimum absolute atomic E-state index is 0.0551. The van der Waals surface area contributed by atoms with Gasteiger partial charge in [0.05, 0.1) is 16.5 Å². The molecular weight excluding hydrogens is 350 g/mol. The first-order valence-electron chi connectivity index (χ1n) is 8.45. The third-order valence-corrected chi connectivity index (χ3v) is 7.27. The molecule has 1 aliphatic rings. The molecule has 0 atom stereocenters. The minimum Gasteiger partial charge on any atom is -0.460 e. The van der Waals surface area contributed by atoms with Crippen LogP contribution in [0.3, 0.4) is 0 Å². The van der Waals surface area contributed by atoms with Crippen LogP contribution in [0.25, 0.3) is 0 Å². The molecule has 1 fully saturated rings. The first-order valence-corrected chi connectivity index (χ1v) is 9.94. The van der Waals surface area contributed by atoms with Crippen molar-refractivity contribution in [1.82, 2.24) is 0 Å². The molecule has 0 saturated heterocycles. The van der Waals surface area contributed by atoms with E-state index in [1.807, 2.05) is 6.07 Å². The number of hydrogen-bond donors (Lipinski definition) is 0. The van der Waals surface area contributed by atoms with E-state index in [-0.39, 0.29) is 24.3 Å². The molecule has 1 saturated carbocycles. The number of rotatable bonds is 5. The Morgan fingerprint density at radius 1 is 1.08 bits per heavy atom. The van der Waals surface area contributed by atoms with Crippen molar-refractivity contribution in [2.75, 3.05) is 0 Å². The summed E-state index contributed by atoms with van der Waals surface area (Å²) in [5.41, 5.74) is 1.12. The van der Waals surface area contributed by atoms with Gasteiger partial charge >= 0.3 is 5.97 Å². The molecule has 2 aromatic rings. The maximum absolute atomic E-state index is 13.2. The summed E-state index contributed by atoms with van der Waals surface area (Å²) in [4.78, 5) is 13.0. The second kappa shape index (κ2) is 7.30. The zero-order valence-electron chi connectivity index (χ0n) is 14.2. The summed E-state index contributed by atoms with van der Waals surface area (Å²) in [7, 11) is -3.84. The fourth-order valence-electron chi connectivity index (χ4n) is 3.36. The van der Waals surface area contributed by atoms with E-state index in [0.29, 0.717) is 24.0 Å². The van der Waals surface area contributed by atoms with E-state index in [0.717, 1.165) is 0 Å². The number of carbonyl (C=O) groups is 1. The molecule has 0 heterocycles. The lowest BCUT2D eigenvalue weighted by molar-refractivity contribution is -0.148. The largest absolute Gasteiger partial charge is 0.460 e. The molecular formula is C20H19NO4S. The monoisotopic (exact) mass is 369 g/mol. The molecule has 0 unspecified atom stereocenters. The Morgan fingerprint density at radius 2 is 1.77 bits per heavy atom. The van der Waals surface area contributed by atoms with E-state index in [2.05, 4.69) is 0 Å². The number of benzene rings is 2. The van der Waals surface area contributed by atoms with Gasteiger partial charge in [0.2, 0.25) is 0 Å². The van der Waals surface area contributed by atoms with Crippen LogP contribution in [0.4, 0.5) is 0 Å².